The van der Waals surface area contributed by atoms with Crippen LogP contribution in [0.5, 0.6) is 5.75 Å². The summed E-state index contributed by atoms with van der Waals surface area (Å²) in [7, 11) is 0. The maximum Gasteiger partial charge on any atom is 0.252 e. The predicted octanol–water partition coefficient (Wildman–Crippen LogP) is 2.57. The SMILES string of the molecule is CCCC(CCO)CNC(=O)c1cc(O)ccc1Cl. The second-order valence-electron chi connectivity index (χ2n) is 4.54. The molecule has 1 unspecified atom stereocenters. The minimum Gasteiger partial charge on any atom is -0.508 e. The second-order valence-corrected chi connectivity index (χ2v) is 4.95. The lowest BCUT2D eigenvalue weighted by molar-refractivity contribution is 0.0942. The van der Waals surface area contributed by atoms with Crippen molar-refractivity contribution < 1.29 is 15.0 Å². The van der Waals surface area contributed by atoms with Gasteiger partial charge >= 0.3 is 0 Å². The fourth-order valence-corrected chi connectivity index (χ4v) is 2.16. The van der Waals surface area contributed by atoms with Gasteiger partial charge in [0.25, 0.3) is 5.91 Å². The summed E-state index contributed by atoms with van der Waals surface area (Å²) < 4.78 is 0. The third-order valence-electron chi connectivity index (χ3n) is 2.98. The van der Waals surface area contributed by atoms with E-state index in [9.17, 15) is 9.90 Å². The summed E-state index contributed by atoms with van der Waals surface area (Å²) in [6.45, 7) is 2.69. The van der Waals surface area contributed by atoms with Gasteiger partial charge in [0.2, 0.25) is 0 Å². The standard InChI is InChI=1S/C14H20ClNO3/c1-2-3-10(6-7-17)9-16-14(19)12-8-11(18)4-5-13(12)15/h4-5,8,10,17-18H,2-3,6-7,9H2,1H3,(H,16,19). The maximum absolute atomic E-state index is 12.0. The first-order chi connectivity index (χ1) is 9.08. The number of aliphatic hydroxyl groups is 1. The Morgan fingerprint density at radius 2 is 2.16 bits per heavy atom. The average molecular weight is 286 g/mol. The quantitative estimate of drug-likeness (QED) is 0.721. The summed E-state index contributed by atoms with van der Waals surface area (Å²) >= 11 is 5.92. The van der Waals surface area contributed by atoms with Crippen LogP contribution < -0.4 is 5.32 Å². The van der Waals surface area contributed by atoms with Gasteiger partial charge in [0.1, 0.15) is 5.75 Å². The molecule has 0 bridgehead atoms. The normalized spacial score (nSPS) is 12.2. The molecule has 4 nitrogen and oxygen atoms in total. The highest BCUT2D eigenvalue weighted by atomic mass is 35.5. The Labute approximate surface area is 118 Å². The van der Waals surface area contributed by atoms with Crippen LogP contribution in [0.4, 0.5) is 0 Å². The van der Waals surface area contributed by atoms with Gasteiger partial charge in [0.05, 0.1) is 10.6 Å². The van der Waals surface area contributed by atoms with Crippen LogP contribution in [0, 0.1) is 5.92 Å². The van der Waals surface area contributed by atoms with Crippen molar-refractivity contribution in [1.29, 1.82) is 0 Å². The Hall–Kier alpha value is -1.26. The summed E-state index contributed by atoms with van der Waals surface area (Å²) in [5.74, 6) is -0.0370. The molecule has 0 aliphatic rings. The largest absolute Gasteiger partial charge is 0.508 e. The van der Waals surface area contributed by atoms with E-state index in [2.05, 4.69) is 12.2 Å². The Morgan fingerprint density at radius 1 is 1.42 bits per heavy atom. The van der Waals surface area contributed by atoms with Crippen LogP contribution in [-0.4, -0.2) is 29.3 Å². The van der Waals surface area contributed by atoms with Crippen LogP contribution in [0.25, 0.3) is 0 Å². The molecule has 0 fully saturated rings. The Balaban J connectivity index is 2.61. The van der Waals surface area contributed by atoms with E-state index < -0.39 is 0 Å². The first kappa shape index (κ1) is 15.8. The molecule has 0 aromatic heterocycles. The molecule has 1 amide bonds. The van der Waals surface area contributed by atoms with Gasteiger partial charge in [-0.3, -0.25) is 4.79 Å². The number of aromatic hydroxyl groups is 1. The molecule has 0 aliphatic heterocycles. The third kappa shape index (κ3) is 5.09. The lowest BCUT2D eigenvalue weighted by Gasteiger charge is -2.16. The Kier molecular flexibility index (Phi) is 6.67. The summed E-state index contributed by atoms with van der Waals surface area (Å²) in [5.41, 5.74) is 0.265. The number of amides is 1. The smallest absolute Gasteiger partial charge is 0.252 e. The van der Waals surface area contributed by atoms with Crippen molar-refractivity contribution in [2.45, 2.75) is 26.2 Å². The number of benzene rings is 1. The summed E-state index contributed by atoms with van der Waals surface area (Å²) in [4.78, 5) is 12.0. The molecule has 0 aliphatic carbocycles. The minimum atomic E-state index is -0.306. The molecule has 0 heterocycles. The molecule has 1 rings (SSSR count). The van der Waals surface area contributed by atoms with Crippen LogP contribution in [0.2, 0.25) is 5.02 Å². The van der Waals surface area contributed by atoms with Crippen molar-refractivity contribution in [2.75, 3.05) is 13.2 Å². The number of phenols is 1. The number of aliphatic hydroxyl groups excluding tert-OH is 1. The summed E-state index contributed by atoms with van der Waals surface area (Å²) in [6.07, 6.45) is 2.63. The zero-order valence-electron chi connectivity index (χ0n) is 11.0. The molecule has 0 saturated heterocycles. The average Bonchev–Trinajstić information content (AvgIpc) is 2.39. The Morgan fingerprint density at radius 3 is 2.79 bits per heavy atom. The van der Waals surface area contributed by atoms with Crippen LogP contribution in [0.15, 0.2) is 18.2 Å². The van der Waals surface area contributed by atoms with Gasteiger partial charge in [-0.25, -0.2) is 0 Å². The molecule has 19 heavy (non-hydrogen) atoms. The zero-order chi connectivity index (χ0) is 14.3. The van der Waals surface area contributed by atoms with Gasteiger partial charge in [-0.1, -0.05) is 24.9 Å². The van der Waals surface area contributed by atoms with Gasteiger partial charge in [-0.15, -0.1) is 0 Å². The zero-order valence-corrected chi connectivity index (χ0v) is 11.8. The number of halogens is 1. The van der Waals surface area contributed by atoms with Crippen molar-refractivity contribution in [1.82, 2.24) is 5.32 Å². The van der Waals surface area contributed by atoms with E-state index in [1.54, 1.807) is 0 Å². The van der Waals surface area contributed by atoms with Gasteiger partial charge in [0, 0.05) is 13.2 Å². The number of rotatable bonds is 7. The molecule has 3 N–H and O–H groups in total. The topological polar surface area (TPSA) is 69.6 Å². The Bertz CT molecular complexity index is 417. The van der Waals surface area contributed by atoms with Gasteiger partial charge in [-0.05, 0) is 37.0 Å². The predicted molar refractivity (Wildman–Crippen MR) is 75.6 cm³/mol. The third-order valence-corrected chi connectivity index (χ3v) is 3.31. The molecule has 0 saturated carbocycles. The molecule has 106 valence electrons. The van der Waals surface area contributed by atoms with E-state index in [-0.39, 0.29) is 29.7 Å². The van der Waals surface area contributed by atoms with Crippen molar-refractivity contribution in [3.05, 3.63) is 28.8 Å². The van der Waals surface area contributed by atoms with Crippen LogP contribution in [0.1, 0.15) is 36.5 Å². The number of phenolic OH excluding ortho intramolecular Hbond substituents is 1. The van der Waals surface area contributed by atoms with E-state index >= 15 is 0 Å². The maximum atomic E-state index is 12.0. The molecule has 1 aromatic rings. The van der Waals surface area contributed by atoms with Crippen LogP contribution >= 0.6 is 11.6 Å². The molecular formula is C14H20ClNO3. The fraction of sp³-hybridized carbons (Fsp3) is 0.500. The van der Waals surface area contributed by atoms with E-state index in [0.29, 0.717) is 18.0 Å². The highest BCUT2D eigenvalue weighted by Crippen LogP contribution is 2.21. The van der Waals surface area contributed by atoms with Gasteiger partial charge < -0.3 is 15.5 Å². The number of hydrogen-bond donors (Lipinski definition) is 3. The van der Waals surface area contributed by atoms with E-state index in [1.165, 1.54) is 18.2 Å². The molecular weight excluding hydrogens is 266 g/mol. The number of carbonyl (C=O) groups excluding carboxylic acids is 1. The molecule has 1 aromatic carbocycles. The van der Waals surface area contributed by atoms with Crippen molar-refractivity contribution in [3.8, 4) is 5.75 Å². The lowest BCUT2D eigenvalue weighted by atomic mass is 10.00. The van der Waals surface area contributed by atoms with Crippen LogP contribution in [-0.2, 0) is 0 Å². The van der Waals surface area contributed by atoms with E-state index in [1.807, 2.05) is 0 Å². The second kappa shape index (κ2) is 8.02. The van der Waals surface area contributed by atoms with Crippen molar-refractivity contribution >= 4 is 17.5 Å². The number of carbonyl (C=O) groups is 1. The van der Waals surface area contributed by atoms with E-state index in [0.717, 1.165) is 12.8 Å². The first-order valence-electron chi connectivity index (χ1n) is 6.46. The van der Waals surface area contributed by atoms with Gasteiger partial charge in [0.15, 0.2) is 0 Å². The summed E-state index contributed by atoms with van der Waals surface area (Å²) in [6, 6.07) is 4.27. The summed E-state index contributed by atoms with van der Waals surface area (Å²) in [5, 5.41) is 21.4. The molecule has 1 atom stereocenters. The molecule has 0 spiro atoms. The highest BCUT2D eigenvalue weighted by Gasteiger charge is 2.13. The van der Waals surface area contributed by atoms with E-state index in [4.69, 9.17) is 16.7 Å². The van der Waals surface area contributed by atoms with Gasteiger partial charge in [-0.2, -0.15) is 0 Å². The lowest BCUT2D eigenvalue weighted by Crippen LogP contribution is -2.30. The van der Waals surface area contributed by atoms with Crippen molar-refractivity contribution in [3.63, 3.8) is 0 Å². The monoisotopic (exact) mass is 285 g/mol. The minimum absolute atomic E-state index is 0.00927. The van der Waals surface area contributed by atoms with Crippen molar-refractivity contribution in [2.24, 2.45) is 5.92 Å². The highest BCUT2D eigenvalue weighted by molar-refractivity contribution is 6.33. The molecule has 5 heteroatoms. The number of hydrogen-bond acceptors (Lipinski definition) is 3. The fourth-order valence-electron chi connectivity index (χ4n) is 1.96. The first-order valence-corrected chi connectivity index (χ1v) is 6.83. The molecule has 0 radical (unpaired) electrons. The van der Waals surface area contributed by atoms with Crippen LogP contribution in [0.3, 0.4) is 0 Å². The number of nitrogens with one attached hydrogen (secondary N) is 1.